The van der Waals surface area contributed by atoms with E-state index < -0.39 is 0 Å². The Bertz CT molecular complexity index is 663. The van der Waals surface area contributed by atoms with Gasteiger partial charge in [0.2, 0.25) is 11.7 Å². The smallest absolute Gasteiger partial charge is 0.258 e. The van der Waals surface area contributed by atoms with E-state index in [0.29, 0.717) is 22.8 Å². The van der Waals surface area contributed by atoms with Crippen molar-refractivity contribution in [2.45, 2.75) is 6.92 Å². The van der Waals surface area contributed by atoms with Gasteiger partial charge >= 0.3 is 0 Å². The number of carbonyl (C=O) groups is 1. The lowest BCUT2D eigenvalue weighted by Gasteiger charge is -2.13. The number of aromatic nitrogens is 2. The highest BCUT2D eigenvalue weighted by atomic mass is 16.5. The van der Waals surface area contributed by atoms with Gasteiger partial charge < -0.3 is 14.2 Å². The first-order valence-electron chi connectivity index (χ1n) is 6.50. The van der Waals surface area contributed by atoms with Crippen molar-refractivity contribution in [1.82, 2.24) is 9.97 Å². The van der Waals surface area contributed by atoms with Crippen molar-refractivity contribution >= 4 is 11.9 Å². The SMILES string of the molecule is COc1cc(C(=O)Nc2nccc(C)n2)cc(OC)c1OC. The van der Waals surface area contributed by atoms with Gasteiger partial charge in [0.05, 0.1) is 21.3 Å². The Morgan fingerprint density at radius 1 is 1.09 bits per heavy atom. The van der Waals surface area contributed by atoms with Crippen molar-refractivity contribution in [2.75, 3.05) is 26.6 Å². The van der Waals surface area contributed by atoms with E-state index in [4.69, 9.17) is 14.2 Å². The molecule has 0 spiro atoms. The third-order valence-corrected chi connectivity index (χ3v) is 2.95. The van der Waals surface area contributed by atoms with E-state index in [1.807, 2.05) is 6.92 Å². The van der Waals surface area contributed by atoms with Crippen LogP contribution in [0.3, 0.4) is 0 Å². The summed E-state index contributed by atoms with van der Waals surface area (Å²) in [6, 6.07) is 4.87. The number of aryl methyl sites for hydroxylation is 1. The minimum absolute atomic E-state index is 0.235. The van der Waals surface area contributed by atoms with Crippen molar-refractivity contribution in [3.63, 3.8) is 0 Å². The third-order valence-electron chi connectivity index (χ3n) is 2.95. The molecule has 0 aliphatic carbocycles. The lowest BCUT2D eigenvalue weighted by molar-refractivity contribution is 0.102. The highest BCUT2D eigenvalue weighted by Crippen LogP contribution is 2.38. The van der Waals surface area contributed by atoms with Crippen LogP contribution in [-0.2, 0) is 0 Å². The molecule has 1 amide bonds. The first-order chi connectivity index (χ1) is 10.6. The van der Waals surface area contributed by atoms with E-state index in [1.54, 1.807) is 24.4 Å². The van der Waals surface area contributed by atoms with Crippen molar-refractivity contribution in [3.05, 3.63) is 35.7 Å². The maximum absolute atomic E-state index is 12.3. The van der Waals surface area contributed by atoms with Crippen molar-refractivity contribution in [1.29, 1.82) is 0 Å². The molecule has 0 radical (unpaired) electrons. The standard InChI is InChI=1S/C15H17N3O4/c1-9-5-6-16-15(17-9)18-14(19)10-7-11(20-2)13(22-4)12(8-10)21-3/h5-8H,1-4H3,(H,16,17,18,19). The molecular formula is C15H17N3O4. The molecule has 0 unspecified atom stereocenters. The fraction of sp³-hybridized carbons (Fsp3) is 0.267. The number of methoxy groups -OCH3 is 3. The molecule has 7 nitrogen and oxygen atoms in total. The van der Waals surface area contributed by atoms with Crippen molar-refractivity contribution < 1.29 is 19.0 Å². The van der Waals surface area contributed by atoms with Crippen molar-refractivity contribution in [3.8, 4) is 17.2 Å². The Morgan fingerprint density at radius 2 is 1.73 bits per heavy atom. The van der Waals surface area contributed by atoms with Crippen LogP contribution in [0.4, 0.5) is 5.95 Å². The Kier molecular flexibility index (Phi) is 4.77. The van der Waals surface area contributed by atoms with Crippen LogP contribution < -0.4 is 19.5 Å². The number of ether oxygens (including phenoxy) is 3. The molecule has 116 valence electrons. The van der Waals surface area contributed by atoms with Gasteiger partial charge in [-0.3, -0.25) is 10.1 Å². The lowest BCUT2D eigenvalue weighted by atomic mass is 10.1. The molecule has 1 N–H and O–H groups in total. The highest BCUT2D eigenvalue weighted by molar-refractivity contribution is 6.04. The molecule has 0 saturated carbocycles. The van der Waals surface area contributed by atoms with Crippen LogP contribution in [0, 0.1) is 6.92 Å². The van der Waals surface area contributed by atoms with Gasteiger partial charge in [-0.05, 0) is 25.1 Å². The van der Waals surface area contributed by atoms with Gasteiger partial charge in [0.1, 0.15) is 0 Å². The minimum Gasteiger partial charge on any atom is -0.493 e. The molecule has 0 saturated heterocycles. The number of amides is 1. The molecule has 1 aromatic heterocycles. The van der Waals surface area contributed by atoms with Crippen LogP contribution in [0.25, 0.3) is 0 Å². The Morgan fingerprint density at radius 3 is 2.23 bits per heavy atom. The van der Waals surface area contributed by atoms with E-state index in [-0.39, 0.29) is 11.9 Å². The molecule has 0 fully saturated rings. The fourth-order valence-corrected chi connectivity index (χ4v) is 1.90. The van der Waals surface area contributed by atoms with E-state index in [2.05, 4.69) is 15.3 Å². The van der Waals surface area contributed by atoms with Crippen LogP contribution in [0.2, 0.25) is 0 Å². The molecule has 22 heavy (non-hydrogen) atoms. The van der Waals surface area contributed by atoms with E-state index >= 15 is 0 Å². The van der Waals surface area contributed by atoms with Crippen LogP contribution in [0.1, 0.15) is 16.1 Å². The number of rotatable bonds is 5. The second-order valence-corrected chi connectivity index (χ2v) is 4.39. The predicted octanol–water partition coefficient (Wildman–Crippen LogP) is 2.06. The Balaban J connectivity index is 2.33. The van der Waals surface area contributed by atoms with Gasteiger partial charge in [-0.2, -0.15) is 0 Å². The quantitative estimate of drug-likeness (QED) is 0.910. The van der Waals surface area contributed by atoms with Crippen LogP contribution >= 0.6 is 0 Å². The largest absolute Gasteiger partial charge is 0.493 e. The van der Waals surface area contributed by atoms with Gasteiger partial charge in [-0.25, -0.2) is 9.97 Å². The summed E-state index contributed by atoms with van der Waals surface area (Å²) in [4.78, 5) is 20.4. The monoisotopic (exact) mass is 303 g/mol. The number of anilines is 1. The molecule has 0 aliphatic rings. The first kappa shape index (κ1) is 15.6. The summed E-state index contributed by atoms with van der Waals surface area (Å²) in [5.74, 6) is 1.09. The topological polar surface area (TPSA) is 82.6 Å². The lowest BCUT2D eigenvalue weighted by Crippen LogP contribution is -2.15. The summed E-state index contributed by atoms with van der Waals surface area (Å²) in [5, 5.41) is 2.63. The molecular weight excluding hydrogens is 286 g/mol. The zero-order chi connectivity index (χ0) is 16.1. The van der Waals surface area contributed by atoms with Gasteiger partial charge in [0.15, 0.2) is 11.5 Å². The summed E-state index contributed by atoms with van der Waals surface area (Å²) >= 11 is 0. The average molecular weight is 303 g/mol. The van der Waals surface area contributed by atoms with Gasteiger partial charge in [0.25, 0.3) is 5.91 Å². The number of hydrogen-bond acceptors (Lipinski definition) is 6. The maximum Gasteiger partial charge on any atom is 0.258 e. The van der Waals surface area contributed by atoms with Gasteiger partial charge in [-0.1, -0.05) is 0 Å². The molecule has 0 bridgehead atoms. The molecule has 7 heteroatoms. The molecule has 0 aliphatic heterocycles. The second-order valence-electron chi connectivity index (χ2n) is 4.39. The number of carbonyl (C=O) groups excluding carboxylic acids is 1. The molecule has 0 atom stereocenters. The molecule has 1 heterocycles. The van der Waals surface area contributed by atoms with E-state index in [1.165, 1.54) is 21.3 Å². The maximum atomic E-state index is 12.3. The molecule has 2 rings (SSSR count). The number of benzene rings is 1. The van der Waals surface area contributed by atoms with Gasteiger partial charge in [-0.15, -0.1) is 0 Å². The molecule has 1 aromatic carbocycles. The summed E-state index contributed by atoms with van der Waals surface area (Å²) in [5.41, 5.74) is 1.11. The average Bonchev–Trinajstić information content (AvgIpc) is 2.53. The first-order valence-corrected chi connectivity index (χ1v) is 6.50. The molecule has 2 aromatic rings. The highest BCUT2D eigenvalue weighted by Gasteiger charge is 2.17. The minimum atomic E-state index is -0.371. The summed E-state index contributed by atoms with van der Waals surface area (Å²) in [6.45, 7) is 1.82. The van der Waals surface area contributed by atoms with Crippen LogP contribution in [0.15, 0.2) is 24.4 Å². The zero-order valence-corrected chi connectivity index (χ0v) is 12.8. The third kappa shape index (κ3) is 3.25. The fourth-order valence-electron chi connectivity index (χ4n) is 1.90. The van der Waals surface area contributed by atoms with Crippen molar-refractivity contribution in [2.24, 2.45) is 0 Å². The summed E-state index contributed by atoms with van der Waals surface area (Å²) < 4.78 is 15.7. The normalized spacial score (nSPS) is 10.0. The predicted molar refractivity (Wildman–Crippen MR) is 80.8 cm³/mol. The Labute approximate surface area is 128 Å². The van der Waals surface area contributed by atoms with Gasteiger partial charge in [0, 0.05) is 17.5 Å². The van der Waals surface area contributed by atoms with Crippen LogP contribution in [0.5, 0.6) is 17.2 Å². The Hall–Kier alpha value is -2.83. The zero-order valence-electron chi connectivity index (χ0n) is 12.8. The van der Waals surface area contributed by atoms with E-state index in [0.717, 1.165) is 5.69 Å². The number of hydrogen-bond donors (Lipinski definition) is 1. The number of nitrogens with zero attached hydrogens (tertiary/aromatic N) is 2. The van der Waals surface area contributed by atoms with E-state index in [9.17, 15) is 4.79 Å². The summed E-state index contributed by atoms with van der Waals surface area (Å²) in [7, 11) is 4.48. The van der Waals surface area contributed by atoms with Crippen LogP contribution in [-0.4, -0.2) is 37.2 Å². The second kappa shape index (κ2) is 6.75. The number of nitrogens with one attached hydrogen (secondary N) is 1. The summed E-state index contributed by atoms with van der Waals surface area (Å²) in [6.07, 6.45) is 1.58.